The highest BCUT2D eigenvalue weighted by atomic mass is 16.3. The fraction of sp³-hybridized carbons (Fsp3) is 0.500. The number of amides is 1. The lowest BCUT2D eigenvalue weighted by atomic mass is 9.94. The van der Waals surface area contributed by atoms with Crippen LogP contribution in [0.5, 0.6) is 0 Å². The molecule has 0 spiro atoms. The van der Waals surface area contributed by atoms with E-state index in [0.29, 0.717) is 12.0 Å². The number of rotatable bonds is 5. The Morgan fingerprint density at radius 3 is 2.88 bits per heavy atom. The summed E-state index contributed by atoms with van der Waals surface area (Å²) in [5.74, 6) is -0.147. The molecular formula is C12H18N2O2. The van der Waals surface area contributed by atoms with Crippen molar-refractivity contribution < 1.29 is 9.90 Å². The average Bonchev–Trinajstić information content (AvgIpc) is 2.30. The van der Waals surface area contributed by atoms with E-state index in [1.54, 1.807) is 18.3 Å². The van der Waals surface area contributed by atoms with Gasteiger partial charge in [-0.1, -0.05) is 6.92 Å². The van der Waals surface area contributed by atoms with Crippen molar-refractivity contribution in [2.45, 2.75) is 32.2 Å². The van der Waals surface area contributed by atoms with Crippen LogP contribution >= 0.6 is 0 Å². The Morgan fingerprint density at radius 2 is 2.38 bits per heavy atom. The minimum absolute atomic E-state index is 0.0671. The first-order valence-electron chi connectivity index (χ1n) is 5.44. The first kappa shape index (κ1) is 12.6. The van der Waals surface area contributed by atoms with Gasteiger partial charge in [-0.3, -0.25) is 9.78 Å². The number of carbonyl (C=O) groups excluding carboxylic acids is 1. The molecule has 1 atom stereocenters. The second-order valence-corrected chi connectivity index (χ2v) is 4.08. The SMILES string of the molecule is CCC(C)(CCO)NC(=O)c1cccnc1. The number of nitrogens with zero attached hydrogens (tertiary/aromatic N) is 1. The lowest BCUT2D eigenvalue weighted by Crippen LogP contribution is -2.46. The Labute approximate surface area is 95.7 Å². The van der Waals surface area contributed by atoms with Gasteiger partial charge in [0.05, 0.1) is 5.56 Å². The molecular weight excluding hydrogens is 204 g/mol. The minimum Gasteiger partial charge on any atom is -0.396 e. The van der Waals surface area contributed by atoms with Crippen molar-refractivity contribution in [3.63, 3.8) is 0 Å². The standard InChI is InChI=1S/C12H18N2O2/c1-3-12(2,6-8-15)14-11(16)10-5-4-7-13-9-10/h4-5,7,9,15H,3,6,8H2,1-2H3,(H,14,16). The van der Waals surface area contributed by atoms with E-state index in [2.05, 4.69) is 10.3 Å². The fourth-order valence-corrected chi connectivity index (χ4v) is 1.42. The third-order valence-corrected chi connectivity index (χ3v) is 2.78. The number of aromatic nitrogens is 1. The van der Waals surface area contributed by atoms with Crippen molar-refractivity contribution >= 4 is 5.91 Å². The molecule has 0 aliphatic rings. The van der Waals surface area contributed by atoms with Gasteiger partial charge in [-0.15, -0.1) is 0 Å². The first-order valence-corrected chi connectivity index (χ1v) is 5.44. The zero-order valence-electron chi connectivity index (χ0n) is 9.73. The molecule has 1 unspecified atom stereocenters. The lowest BCUT2D eigenvalue weighted by Gasteiger charge is -2.28. The topological polar surface area (TPSA) is 62.2 Å². The molecule has 16 heavy (non-hydrogen) atoms. The van der Waals surface area contributed by atoms with Gasteiger partial charge in [-0.2, -0.15) is 0 Å². The molecule has 0 saturated heterocycles. The zero-order chi connectivity index (χ0) is 12.0. The number of hydrogen-bond donors (Lipinski definition) is 2. The van der Waals surface area contributed by atoms with E-state index in [-0.39, 0.29) is 18.1 Å². The highest BCUT2D eigenvalue weighted by Crippen LogP contribution is 2.14. The highest BCUT2D eigenvalue weighted by molar-refractivity contribution is 5.94. The molecule has 1 amide bonds. The molecule has 4 nitrogen and oxygen atoms in total. The van der Waals surface area contributed by atoms with Crippen molar-refractivity contribution in [3.05, 3.63) is 30.1 Å². The van der Waals surface area contributed by atoms with Gasteiger partial charge in [0, 0.05) is 24.5 Å². The molecule has 88 valence electrons. The normalized spacial score (nSPS) is 14.2. The van der Waals surface area contributed by atoms with Gasteiger partial charge in [-0.05, 0) is 31.9 Å². The second kappa shape index (κ2) is 5.61. The summed E-state index contributed by atoms with van der Waals surface area (Å²) in [6, 6.07) is 3.45. The van der Waals surface area contributed by atoms with Crippen LogP contribution < -0.4 is 5.32 Å². The largest absolute Gasteiger partial charge is 0.396 e. The number of aliphatic hydroxyl groups is 1. The maximum Gasteiger partial charge on any atom is 0.253 e. The predicted octanol–water partition coefficient (Wildman–Crippen LogP) is 1.36. The van der Waals surface area contributed by atoms with E-state index in [9.17, 15) is 4.79 Å². The number of carbonyl (C=O) groups is 1. The molecule has 0 fully saturated rings. The summed E-state index contributed by atoms with van der Waals surface area (Å²) >= 11 is 0. The van der Waals surface area contributed by atoms with Gasteiger partial charge in [-0.25, -0.2) is 0 Å². The summed E-state index contributed by atoms with van der Waals surface area (Å²) in [6.07, 6.45) is 4.49. The Bertz CT molecular complexity index is 340. The van der Waals surface area contributed by atoms with Crippen LogP contribution in [-0.2, 0) is 0 Å². The van der Waals surface area contributed by atoms with E-state index >= 15 is 0 Å². The van der Waals surface area contributed by atoms with Crippen molar-refractivity contribution in [2.24, 2.45) is 0 Å². The van der Waals surface area contributed by atoms with Crippen LogP contribution in [0.4, 0.5) is 0 Å². The maximum atomic E-state index is 11.9. The minimum atomic E-state index is -0.359. The van der Waals surface area contributed by atoms with E-state index in [1.165, 1.54) is 6.20 Å². The quantitative estimate of drug-likeness (QED) is 0.790. The molecule has 2 N–H and O–H groups in total. The Kier molecular flexibility index (Phi) is 4.43. The van der Waals surface area contributed by atoms with Gasteiger partial charge in [0.2, 0.25) is 0 Å². The van der Waals surface area contributed by atoms with Crippen LogP contribution in [0.3, 0.4) is 0 Å². The number of hydrogen-bond acceptors (Lipinski definition) is 3. The smallest absolute Gasteiger partial charge is 0.253 e. The van der Waals surface area contributed by atoms with Crippen LogP contribution in [0.15, 0.2) is 24.5 Å². The van der Waals surface area contributed by atoms with Gasteiger partial charge >= 0.3 is 0 Å². The van der Waals surface area contributed by atoms with E-state index in [4.69, 9.17) is 5.11 Å². The van der Waals surface area contributed by atoms with E-state index < -0.39 is 0 Å². The molecule has 4 heteroatoms. The predicted molar refractivity (Wildman–Crippen MR) is 62.1 cm³/mol. The molecule has 1 aromatic heterocycles. The van der Waals surface area contributed by atoms with Crippen molar-refractivity contribution in [1.82, 2.24) is 10.3 Å². The van der Waals surface area contributed by atoms with Crippen molar-refractivity contribution in [2.75, 3.05) is 6.61 Å². The van der Waals surface area contributed by atoms with Crippen LogP contribution in [0.1, 0.15) is 37.0 Å². The number of pyridine rings is 1. The van der Waals surface area contributed by atoms with Gasteiger partial charge in [0.1, 0.15) is 0 Å². The average molecular weight is 222 g/mol. The molecule has 1 rings (SSSR count). The molecule has 1 heterocycles. The highest BCUT2D eigenvalue weighted by Gasteiger charge is 2.24. The van der Waals surface area contributed by atoms with Crippen LogP contribution in [0.25, 0.3) is 0 Å². The van der Waals surface area contributed by atoms with Gasteiger partial charge < -0.3 is 10.4 Å². The summed E-state index contributed by atoms with van der Waals surface area (Å²) < 4.78 is 0. The molecule has 0 aliphatic heterocycles. The van der Waals surface area contributed by atoms with Crippen LogP contribution in [0, 0.1) is 0 Å². The molecule has 0 radical (unpaired) electrons. The number of aliphatic hydroxyl groups excluding tert-OH is 1. The summed E-state index contributed by atoms with van der Waals surface area (Å²) in [5.41, 5.74) is 0.182. The summed E-state index contributed by atoms with van der Waals surface area (Å²) in [4.78, 5) is 15.8. The molecule has 0 saturated carbocycles. The molecule has 0 bridgehead atoms. The second-order valence-electron chi connectivity index (χ2n) is 4.08. The lowest BCUT2D eigenvalue weighted by molar-refractivity contribution is 0.0886. The van der Waals surface area contributed by atoms with E-state index in [0.717, 1.165) is 6.42 Å². The monoisotopic (exact) mass is 222 g/mol. The summed E-state index contributed by atoms with van der Waals surface area (Å²) in [6.45, 7) is 3.98. The zero-order valence-corrected chi connectivity index (χ0v) is 9.73. The third kappa shape index (κ3) is 3.31. The third-order valence-electron chi connectivity index (χ3n) is 2.78. The van der Waals surface area contributed by atoms with Crippen molar-refractivity contribution in [1.29, 1.82) is 0 Å². The van der Waals surface area contributed by atoms with Gasteiger partial charge in [0.15, 0.2) is 0 Å². The van der Waals surface area contributed by atoms with Gasteiger partial charge in [0.25, 0.3) is 5.91 Å². The molecule has 1 aromatic rings. The number of nitrogens with one attached hydrogen (secondary N) is 1. The Morgan fingerprint density at radius 1 is 1.62 bits per heavy atom. The first-order chi connectivity index (χ1) is 7.61. The van der Waals surface area contributed by atoms with Crippen LogP contribution in [0.2, 0.25) is 0 Å². The van der Waals surface area contributed by atoms with E-state index in [1.807, 2.05) is 13.8 Å². The van der Waals surface area contributed by atoms with Crippen LogP contribution in [-0.4, -0.2) is 28.1 Å². The summed E-state index contributed by atoms with van der Waals surface area (Å²) in [7, 11) is 0. The Hall–Kier alpha value is -1.42. The molecule has 0 aromatic carbocycles. The molecule has 0 aliphatic carbocycles. The summed E-state index contributed by atoms with van der Waals surface area (Å²) in [5, 5.41) is 11.9. The Balaban J connectivity index is 2.70. The fourth-order valence-electron chi connectivity index (χ4n) is 1.42. The van der Waals surface area contributed by atoms with Crippen molar-refractivity contribution in [3.8, 4) is 0 Å². The maximum absolute atomic E-state index is 11.9.